The lowest BCUT2D eigenvalue weighted by Gasteiger charge is -1.99. The van der Waals surface area contributed by atoms with Gasteiger partial charge in [0.1, 0.15) is 0 Å². The van der Waals surface area contributed by atoms with Crippen LogP contribution in [0.15, 0.2) is 22.9 Å². The summed E-state index contributed by atoms with van der Waals surface area (Å²) in [6.45, 7) is 1.74. The lowest BCUT2D eigenvalue weighted by atomic mass is 10.2. The van der Waals surface area contributed by atoms with Gasteiger partial charge in [-0.25, -0.2) is 0 Å². The van der Waals surface area contributed by atoms with Crippen molar-refractivity contribution in [3.05, 3.63) is 28.8 Å². The van der Waals surface area contributed by atoms with Gasteiger partial charge in [-0.05, 0) is 28.9 Å². The second-order valence-corrected chi connectivity index (χ2v) is 3.48. The van der Waals surface area contributed by atoms with E-state index >= 15 is 0 Å². The Morgan fingerprint density at radius 2 is 1.86 bits per heavy atom. The van der Waals surface area contributed by atoms with Crippen LogP contribution in [0.1, 0.15) is 5.82 Å². The van der Waals surface area contributed by atoms with Crippen LogP contribution in [0.4, 0.5) is 0 Å². The van der Waals surface area contributed by atoms with E-state index in [1.165, 1.54) is 0 Å². The van der Waals surface area contributed by atoms with Gasteiger partial charge in [-0.2, -0.15) is 0 Å². The summed E-state index contributed by atoms with van der Waals surface area (Å²) >= 11 is 3.35. The zero-order valence-corrected chi connectivity index (χ0v) is 8.93. The van der Waals surface area contributed by atoms with Crippen molar-refractivity contribution in [3.8, 4) is 11.4 Å². The van der Waals surface area contributed by atoms with Gasteiger partial charge < -0.3 is 0 Å². The molecule has 0 saturated carbocycles. The van der Waals surface area contributed by atoms with E-state index in [1.54, 1.807) is 25.4 Å². The summed E-state index contributed by atoms with van der Waals surface area (Å²) in [5, 5.41) is 15.5. The molecule has 2 aromatic rings. The molecule has 0 aliphatic carbocycles. The highest BCUT2D eigenvalue weighted by molar-refractivity contribution is 9.10. The quantitative estimate of drug-likeness (QED) is 0.767. The molecule has 0 aliphatic rings. The first-order chi connectivity index (χ1) is 6.77. The van der Waals surface area contributed by atoms with E-state index in [4.69, 9.17) is 0 Å². The fourth-order valence-electron chi connectivity index (χ4n) is 0.944. The molecule has 14 heavy (non-hydrogen) atoms. The zero-order valence-electron chi connectivity index (χ0n) is 7.35. The van der Waals surface area contributed by atoms with Gasteiger partial charge in [0.25, 0.3) is 0 Å². The second-order valence-electron chi connectivity index (χ2n) is 2.63. The predicted octanol–water partition coefficient (Wildman–Crippen LogP) is 1.40. The van der Waals surface area contributed by atoms with Crippen molar-refractivity contribution in [2.24, 2.45) is 0 Å². The molecule has 0 fully saturated rings. The third kappa shape index (κ3) is 1.74. The van der Waals surface area contributed by atoms with Crippen LogP contribution in [0.5, 0.6) is 0 Å². The molecular weight excluding hydrogens is 246 g/mol. The number of nitrogens with zero attached hydrogens (tertiary/aromatic N) is 5. The highest BCUT2D eigenvalue weighted by Gasteiger charge is 2.06. The largest absolute Gasteiger partial charge is 0.264 e. The standard InChI is InChI=1S/C8H6BrN5/c1-5-11-13-8(14-12-5)6-2-3-10-4-7(6)9/h2-4H,1H3. The van der Waals surface area contributed by atoms with E-state index in [9.17, 15) is 0 Å². The van der Waals surface area contributed by atoms with E-state index in [2.05, 4.69) is 41.3 Å². The van der Waals surface area contributed by atoms with Gasteiger partial charge in [0, 0.05) is 22.4 Å². The van der Waals surface area contributed by atoms with Crippen molar-refractivity contribution >= 4 is 15.9 Å². The van der Waals surface area contributed by atoms with Crippen molar-refractivity contribution in [3.63, 3.8) is 0 Å². The van der Waals surface area contributed by atoms with Gasteiger partial charge in [0.05, 0.1) is 0 Å². The maximum Gasteiger partial charge on any atom is 0.204 e. The summed E-state index contributed by atoms with van der Waals surface area (Å²) in [6.07, 6.45) is 3.35. The number of hydrogen-bond acceptors (Lipinski definition) is 5. The molecule has 0 N–H and O–H groups in total. The average molecular weight is 252 g/mol. The van der Waals surface area contributed by atoms with Gasteiger partial charge in [0.2, 0.25) is 5.82 Å². The molecule has 0 unspecified atom stereocenters. The molecular formula is C8H6BrN5. The lowest BCUT2D eigenvalue weighted by molar-refractivity contribution is 0.815. The molecule has 0 saturated heterocycles. The summed E-state index contributed by atoms with van der Waals surface area (Å²) in [7, 11) is 0. The topological polar surface area (TPSA) is 64.5 Å². The molecule has 0 atom stereocenters. The Hall–Kier alpha value is -1.43. The van der Waals surface area contributed by atoms with Crippen LogP contribution in [0.2, 0.25) is 0 Å². The summed E-state index contributed by atoms with van der Waals surface area (Å²) in [5.74, 6) is 1.05. The summed E-state index contributed by atoms with van der Waals surface area (Å²) in [4.78, 5) is 3.94. The predicted molar refractivity (Wildman–Crippen MR) is 53.3 cm³/mol. The van der Waals surface area contributed by atoms with Crippen LogP contribution >= 0.6 is 15.9 Å². The van der Waals surface area contributed by atoms with Gasteiger partial charge in [-0.1, -0.05) is 0 Å². The van der Waals surface area contributed by atoms with E-state index in [0.29, 0.717) is 11.6 Å². The van der Waals surface area contributed by atoms with Crippen molar-refractivity contribution in [1.82, 2.24) is 25.4 Å². The number of aromatic nitrogens is 5. The van der Waals surface area contributed by atoms with Gasteiger partial charge in [0.15, 0.2) is 5.82 Å². The van der Waals surface area contributed by atoms with E-state index in [1.807, 2.05) is 0 Å². The minimum atomic E-state index is 0.491. The Morgan fingerprint density at radius 1 is 1.14 bits per heavy atom. The van der Waals surface area contributed by atoms with Crippen LogP contribution < -0.4 is 0 Å². The Kier molecular flexibility index (Phi) is 2.45. The first kappa shape index (κ1) is 9.14. The van der Waals surface area contributed by atoms with Crippen molar-refractivity contribution in [2.45, 2.75) is 6.92 Å². The van der Waals surface area contributed by atoms with E-state index in [-0.39, 0.29) is 0 Å². The molecule has 0 radical (unpaired) electrons. The van der Waals surface area contributed by atoms with Crippen LogP contribution in [-0.2, 0) is 0 Å². The molecule has 5 nitrogen and oxygen atoms in total. The first-order valence-corrected chi connectivity index (χ1v) is 4.70. The zero-order chi connectivity index (χ0) is 9.97. The van der Waals surface area contributed by atoms with Crippen molar-refractivity contribution < 1.29 is 0 Å². The summed E-state index contributed by atoms with van der Waals surface area (Å²) < 4.78 is 0.826. The molecule has 0 bridgehead atoms. The van der Waals surface area contributed by atoms with Crippen LogP contribution in [0.25, 0.3) is 11.4 Å². The second kappa shape index (κ2) is 3.75. The maximum atomic E-state index is 3.94. The fraction of sp³-hybridized carbons (Fsp3) is 0.125. The lowest BCUT2D eigenvalue weighted by Crippen LogP contribution is -1.99. The number of halogens is 1. The van der Waals surface area contributed by atoms with Crippen LogP contribution in [0.3, 0.4) is 0 Å². The van der Waals surface area contributed by atoms with Crippen molar-refractivity contribution in [2.75, 3.05) is 0 Å². The molecule has 2 rings (SSSR count). The van der Waals surface area contributed by atoms with Gasteiger partial charge >= 0.3 is 0 Å². The van der Waals surface area contributed by atoms with E-state index < -0.39 is 0 Å². The number of aryl methyl sites for hydroxylation is 1. The summed E-state index contributed by atoms with van der Waals surface area (Å²) in [5.41, 5.74) is 0.833. The number of pyridine rings is 1. The fourth-order valence-corrected chi connectivity index (χ4v) is 1.37. The molecule has 70 valence electrons. The minimum absolute atomic E-state index is 0.491. The monoisotopic (exact) mass is 251 g/mol. The average Bonchev–Trinajstić information content (AvgIpc) is 2.20. The Morgan fingerprint density at radius 3 is 2.50 bits per heavy atom. The molecule has 2 aromatic heterocycles. The third-order valence-corrected chi connectivity index (χ3v) is 2.22. The Balaban J connectivity index is 2.50. The van der Waals surface area contributed by atoms with Gasteiger partial charge in [-0.3, -0.25) is 4.98 Å². The smallest absolute Gasteiger partial charge is 0.204 e. The number of rotatable bonds is 1. The Bertz CT molecular complexity index is 442. The molecule has 0 aliphatic heterocycles. The van der Waals surface area contributed by atoms with Crippen molar-refractivity contribution in [1.29, 1.82) is 0 Å². The highest BCUT2D eigenvalue weighted by Crippen LogP contribution is 2.22. The third-order valence-electron chi connectivity index (χ3n) is 1.59. The molecule has 0 aromatic carbocycles. The normalized spacial score (nSPS) is 10.1. The van der Waals surface area contributed by atoms with Crippen LogP contribution in [-0.4, -0.2) is 25.4 Å². The molecule has 2 heterocycles. The minimum Gasteiger partial charge on any atom is -0.264 e. The molecule has 0 amide bonds. The number of hydrogen-bond donors (Lipinski definition) is 0. The highest BCUT2D eigenvalue weighted by atomic mass is 79.9. The summed E-state index contributed by atoms with van der Waals surface area (Å²) in [6, 6.07) is 1.80. The first-order valence-electron chi connectivity index (χ1n) is 3.91. The van der Waals surface area contributed by atoms with Gasteiger partial charge in [-0.15, -0.1) is 20.4 Å². The SMILES string of the molecule is Cc1nnc(-c2ccncc2Br)nn1. The Labute approximate surface area is 88.8 Å². The van der Waals surface area contributed by atoms with Crippen LogP contribution in [0, 0.1) is 6.92 Å². The maximum absolute atomic E-state index is 3.94. The van der Waals surface area contributed by atoms with E-state index in [0.717, 1.165) is 10.0 Å². The molecule has 6 heteroatoms. The molecule has 0 spiro atoms.